The predicted octanol–water partition coefficient (Wildman–Crippen LogP) is -1.21. The van der Waals surface area contributed by atoms with E-state index >= 15 is 0 Å². The Balaban J connectivity index is 0. The summed E-state index contributed by atoms with van der Waals surface area (Å²) >= 11 is 16.5. The van der Waals surface area contributed by atoms with Gasteiger partial charge in [-0.2, -0.15) is 0 Å². The van der Waals surface area contributed by atoms with E-state index in [-0.39, 0.29) is 52.2 Å². The summed E-state index contributed by atoms with van der Waals surface area (Å²) in [5, 5.41) is 23.5. The van der Waals surface area contributed by atoms with E-state index in [0.717, 1.165) is 20.3 Å². The second-order valence-electron chi connectivity index (χ2n) is 7.46. The van der Waals surface area contributed by atoms with E-state index in [4.69, 9.17) is 34.8 Å². The molecule has 0 saturated carbocycles. The van der Waals surface area contributed by atoms with Crippen LogP contribution < -0.4 is 23.5 Å². The number of carbonyl (C=O) groups is 4. The maximum Gasteiger partial charge on any atom is 0.365 e. The van der Waals surface area contributed by atoms with Crippen LogP contribution in [0.3, 0.4) is 0 Å². The predicted molar refractivity (Wildman–Crippen MR) is 148 cm³/mol. The summed E-state index contributed by atoms with van der Waals surface area (Å²) in [7, 11) is 4.77. The lowest BCUT2D eigenvalue weighted by molar-refractivity contribution is -0.407. The van der Waals surface area contributed by atoms with Crippen LogP contribution >= 0.6 is 34.8 Å². The second-order valence-corrected chi connectivity index (χ2v) is 8.59. The molecule has 0 saturated heterocycles. The van der Waals surface area contributed by atoms with Gasteiger partial charge >= 0.3 is 35.3 Å². The van der Waals surface area contributed by atoms with Crippen LogP contribution in [-0.4, -0.2) is 84.2 Å². The fraction of sp³-hybridized carbons (Fsp3) is 0.364. The summed E-state index contributed by atoms with van der Waals surface area (Å²) in [6.07, 6.45) is -0.419. The number of nitrogens with zero attached hydrogens (tertiary/aromatic N) is 4. The average molecular weight is 708 g/mol. The van der Waals surface area contributed by atoms with Crippen LogP contribution in [-0.2, 0) is 38.1 Å². The Hall–Kier alpha value is -4.10. The van der Waals surface area contributed by atoms with Crippen LogP contribution in [0.15, 0.2) is 24.3 Å². The zero-order chi connectivity index (χ0) is 33.3. The number of carbonyl (C=O) groups excluding carboxylic acids is 4. The first-order chi connectivity index (χ1) is 20.1. The highest BCUT2D eigenvalue weighted by molar-refractivity contribution is 6.33. The Labute approximate surface area is 270 Å². The lowest BCUT2D eigenvalue weighted by Gasteiger charge is -2.15. The van der Waals surface area contributed by atoms with Gasteiger partial charge in [-0.05, 0) is 12.1 Å². The smallest absolute Gasteiger partial charge is 0.365 e. The van der Waals surface area contributed by atoms with Crippen LogP contribution in [0.1, 0.15) is 12.8 Å². The number of quaternary nitrogens is 1. The molecule has 244 valence electrons. The summed E-state index contributed by atoms with van der Waals surface area (Å²) < 4.78 is 17.6. The van der Waals surface area contributed by atoms with Crippen molar-refractivity contribution in [1.29, 1.82) is 0 Å². The van der Waals surface area contributed by atoms with Crippen molar-refractivity contribution < 1.29 is 66.1 Å². The standard InChI is InChI=1S/C11H12ClN3O6.C6H11NO4.C5H2Cl2N2O2.ClH/c1-20-9(16)5-6(11(17)21-2)13-10-7(15(18)19)3-4-8(12)14-10;1-10-5(8)3-4(7)6(9)11-2;6-4-2-1-3(9(10)11)5(7)8-4;/h3-4,6H,5H2,1-2H3,(H,13,14);4H,3,7H2,1-2H3;1-2H;1H/t6-;4-;;/m00../s1. The molecule has 4 N–H and O–H groups in total. The molecule has 0 unspecified atom stereocenters. The van der Waals surface area contributed by atoms with Gasteiger partial charge in [0.05, 0.1) is 44.7 Å². The van der Waals surface area contributed by atoms with Crippen LogP contribution in [0.2, 0.25) is 15.5 Å². The maximum absolute atomic E-state index is 11.6. The number of methoxy groups -OCH3 is 4. The zero-order valence-electron chi connectivity index (χ0n) is 23.3. The topological polar surface area (TPSA) is 257 Å². The van der Waals surface area contributed by atoms with Crippen molar-refractivity contribution in [1.82, 2.24) is 9.97 Å². The van der Waals surface area contributed by atoms with Crippen molar-refractivity contribution >= 4 is 75.9 Å². The Kier molecular flexibility index (Phi) is 20.6. The van der Waals surface area contributed by atoms with E-state index in [2.05, 4.69) is 40.0 Å². The molecule has 0 aromatic carbocycles. The third-order valence-electron chi connectivity index (χ3n) is 4.60. The third kappa shape index (κ3) is 15.4. The summed E-state index contributed by atoms with van der Waals surface area (Å²) in [5.41, 5.74) is 2.79. The number of nitrogens with one attached hydrogen (secondary N) is 1. The summed E-state index contributed by atoms with van der Waals surface area (Å²) in [5.74, 6) is -2.70. The SMILES string of the molecule is COC(=O)C[C@H](Nc1nc(Cl)ccc1[N+](=O)[O-])C(=O)OC.COC(=O)C[C@H]([NH3+])C(=O)OC.O=[N+]([O-])c1ccc(Cl)nc1Cl.[Cl-]. The molecule has 0 fully saturated rings. The van der Waals surface area contributed by atoms with Gasteiger partial charge in [0.25, 0.3) is 0 Å². The number of halogens is 4. The van der Waals surface area contributed by atoms with Crippen molar-refractivity contribution in [3.63, 3.8) is 0 Å². The molecule has 2 atom stereocenters. The van der Waals surface area contributed by atoms with Crippen molar-refractivity contribution in [3.8, 4) is 0 Å². The number of hydrogen-bond donors (Lipinski definition) is 2. The first-order valence-corrected chi connectivity index (χ1v) is 12.4. The minimum atomic E-state index is -1.19. The first kappa shape index (κ1) is 42.0. The van der Waals surface area contributed by atoms with E-state index in [1.165, 1.54) is 32.4 Å². The largest absolute Gasteiger partial charge is 1.00 e. The highest BCUT2D eigenvalue weighted by atomic mass is 35.5. The third-order valence-corrected chi connectivity index (χ3v) is 5.30. The number of esters is 4. The summed E-state index contributed by atoms with van der Waals surface area (Å²) in [6.45, 7) is 0. The van der Waals surface area contributed by atoms with Gasteiger partial charge in [-0.3, -0.25) is 29.8 Å². The van der Waals surface area contributed by atoms with Gasteiger partial charge in [-0.1, -0.05) is 34.8 Å². The van der Waals surface area contributed by atoms with Gasteiger partial charge in [0, 0.05) is 12.1 Å². The summed E-state index contributed by atoms with van der Waals surface area (Å²) in [6, 6.07) is 3.02. The molecule has 18 nitrogen and oxygen atoms in total. The molecule has 2 aromatic heterocycles. The van der Waals surface area contributed by atoms with E-state index in [1.807, 2.05) is 0 Å². The van der Waals surface area contributed by atoms with Crippen molar-refractivity contribution in [3.05, 3.63) is 60.0 Å². The normalized spacial score (nSPS) is 10.8. The van der Waals surface area contributed by atoms with Gasteiger partial charge in [-0.25, -0.2) is 19.6 Å². The Morgan fingerprint density at radius 3 is 1.68 bits per heavy atom. The molecule has 0 radical (unpaired) electrons. The molecule has 2 rings (SSSR count). The number of aromatic nitrogens is 2. The molecular weight excluding hydrogens is 682 g/mol. The Bertz CT molecular complexity index is 1320. The monoisotopic (exact) mass is 706 g/mol. The highest BCUT2D eigenvalue weighted by Gasteiger charge is 2.27. The van der Waals surface area contributed by atoms with Crippen molar-refractivity contribution in [2.24, 2.45) is 0 Å². The van der Waals surface area contributed by atoms with Crippen molar-refractivity contribution in [2.45, 2.75) is 24.9 Å². The molecule has 2 heterocycles. The average Bonchev–Trinajstić information content (AvgIpc) is 2.95. The number of hydrogen-bond acceptors (Lipinski definition) is 15. The second kappa shape index (κ2) is 21.6. The minimum Gasteiger partial charge on any atom is -1.00 e. The first-order valence-electron chi connectivity index (χ1n) is 11.3. The quantitative estimate of drug-likeness (QED) is 0.0966. The number of anilines is 1. The van der Waals surface area contributed by atoms with Crippen LogP contribution in [0.4, 0.5) is 17.2 Å². The summed E-state index contributed by atoms with van der Waals surface area (Å²) in [4.78, 5) is 71.1. The maximum atomic E-state index is 11.6. The van der Waals surface area contributed by atoms with E-state index in [0.29, 0.717) is 0 Å². The van der Waals surface area contributed by atoms with Crippen LogP contribution in [0.5, 0.6) is 0 Å². The van der Waals surface area contributed by atoms with Gasteiger partial charge < -0.3 is 42.4 Å². The van der Waals surface area contributed by atoms with Crippen molar-refractivity contribution in [2.75, 3.05) is 33.8 Å². The molecule has 2 aromatic rings. The molecule has 22 heteroatoms. The van der Waals surface area contributed by atoms with E-state index < -0.39 is 51.5 Å². The fourth-order valence-corrected chi connectivity index (χ4v) is 3.07. The highest BCUT2D eigenvalue weighted by Crippen LogP contribution is 2.25. The van der Waals surface area contributed by atoms with E-state index in [1.54, 1.807) is 0 Å². The molecule has 0 amide bonds. The number of pyridine rings is 2. The van der Waals surface area contributed by atoms with Gasteiger partial charge in [0.15, 0.2) is 6.04 Å². The minimum absolute atomic E-state index is 0. The van der Waals surface area contributed by atoms with E-state index in [9.17, 15) is 39.4 Å². The Morgan fingerprint density at radius 2 is 1.25 bits per heavy atom. The Morgan fingerprint density at radius 1 is 0.795 bits per heavy atom. The molecule has 0 aliphatic heterocycles. The number of nitro groups is 2. The molecular formula is C22H26Cl4N6O12. The fourth-order valence-electron chi connectivity index (χ4n) is 2.51. The molecule has 0 aliphatic rings. The lowest BCUT2D eigenvalue weighted by atomic mass is 10.2. The zero-order valence-corrected chi connectivity index (χ0v) is 26.3. The number of rotatable bonds is 10. The van der Waals surface area contributed by atoms with Crippen LogP contribution in [0, 0.1) is 20.2 Å². The van der Waals surface area contributed by atoms with Gasteiger partial charge in [-0.15, -0.1) is 0 Å². The lowest BCUT2D eigenvalue weighted by Crippen LogP contribution is -3.00. The van der Waals surface area contributed by atoms with Gasteiger partial charge in [0.2, 0.25) is 11.0 Å². The molecule has 44 heavy (non-hydrogen) atoms. The van der Waals surface area contributed by atoms with Crippen LogP contribution in [0.25, 0.3) is 0 Å². The molecule has 0 aliphatic carbocycles. The number of ether oxygens (including phenoxy) is 4. The molecule has 0 bridgehead atoms. The molecule has 0 spiro atoms. The van der Waals surface area contributed by atoms with Gasteiger partial charge in [0.1, 0.15) is 22.8 Å².